The van der Waals surface area contributed by atoms with Crippen molar-refractivity contribution in [1.29, 1.82) is 0 Å². The van der Waals surface area contributed by atoms with E-state index in [0.29, 0.717) is 5.92 Å². The van der Waals surface area contributed by atoms with Crippen molar-refractivity contribution in [3.63, 3.8) is 0 Å². The first-order chi connectivity index (χ1) is 10.6. The predicted molar refractivity (Wildman–Crippen MR) is 96.1 cm³/mol. The van der Waals surface area contributed by atoms with E-state index in [1.807, 2.05) is 20.8 Å². The Kier molecular flexibility index (Phi) is 3.20. The van der Waals surface area contributed by atoms with Gasteiger partial charge in [0.25, 0.3) is 0 Å². The molecule has 2 amide bonds. The summed E-state index contributed by atoms with van der Waals surface area (Å²) in [5.74, 6) is -0.0125. The molecule has 0 N–H and O–H groups in total. The summed E-state index contributed by atoms with van der Waals surface area (Å²) in [4.78, 5) is 28.3. The number of carbonyl (C=O) groups excluding carboxylic acids is 2. The van der Waals surface area contributed by atoms with Crippen molar-refractivity contribution in [2.75, 3.05) is 0 Å². The zero-order valence-corrected chi connectivity index (χ0v) is 17.0. The monoisotopic (exact) mass is 331 g/mol. The first kappa shape index (κ1) is 17.7. The van der Waals surface area contributed by atoms with Crippen molar-refractivity contribution < 1.29 is 9.59 Å². The van der Waals surface area contributed by atoms with Crippen LogP contribution in [0.4, 0.5) is 0 Å². The van der Waals surface area contributed by atoms with Crippen molar-refractivity contribution in [2.24, 2.45) is 34.0 Å². The fourth-order valence-electron chi connectivity index (χ4n) is 7.03. The molecule has 0 spiro atoms. The molecule has 0 aromatic carbocycles. The Balaban J connectivity index is 2.27. The van der Waals surface area contributed by atoms with Gasteiger partial charge in [0.1, 0.15) is 0 Å². The highest BCUT2D eigenvalue weighted by atomic mass is 16.2. The van der Waals surface area contributed by atoms with Crippen LogP contribution in [0.25, 0.3) is 0 Å². The molecule has 4 atom stereocenters. The van der Waals surface area contributed by atoms with Crippen LogP contribution < -0.4 is 0 Å². The normalized spacial score (nSPS) is 42.4. The Morgan fingerprint density at radius 2 is 1.12 bits per heavy atom. The Morgan fingerprint density at radius 1 is 0.792 bits per heavy atom. The van der Waals surface area contributed by atoms with E-state index in [9.17, 15) is 9.59 Å². The molecule has 4 unspecified atom stereocenters. The van der Waals surface area contributed by atoms with Crippen molar-refractivity contribution >= 4 is 11.8 Å². The second-order valence-corrected chi connectivity index (χ2v) is 10.8. The van der Waals surface area contributed by atoms with Crippen LogP contribution >= 0.6 is 0 Å². The Morgan fingerprint density at radius 3 is 1.38 bits per heavy atom. The smallest absolute Gasteiger partial charge is 0.234 e. The number of nitrogens with zero attached hydrogens (tertiary/aromatic N) is 1. The minimum Gasteiger partial charge on any atom is -0.277 e. The van der Waals surface area contributed by atoms with Gasteiger partial charge in [0.15, 0.2) is 0 Å². The van der Waals surface area contributed by atoms with Crippen molar-refractivity contribution in [1.82, 2.24) is 4.90 Å². The molecule has 1 aliphatic heterocycles. The van der Waals surface area contributed by atoms with E-state index in [0.717, 1.165) is 0 Å². The number of carbonyl (C=O) groups is 2. The number of amides is 2. The highest BCUT2D eigenvalue weighted by molar-refractivity contribution is 6.08. The summed E-state index contributed by atoms with van der Waals surface area (Å²) < 4.78 is 0. The van der Waals surface area contributed by atoms with Gasteiger partial charge in [-0.05, 0) is 46.0 Å². The van der Waals surface area contributed by atoms with Gasteiger partial charge in [0.05, 0.1) is 11.8 Å². The molecule has 0 aromatic rings. The van der Waals surface area contributed by atoms with Gasteiger partial charge in [-0.3, -0.25) is 14.5 Å². The molecule has 3 aliphatic rings. The molecule has 1 saturated heterocycles. The maximum atomic E-state index is 13.4. The average molecular weight is 332 g/mol. The third-order valence-electron chi connectivity index (χ3n) is 7.51. The summed E-state index contributed by atoms with van der Waals surface area (Å²) in [6.07, 6.45) is 0. The Hall–Kier alpha value is -1.12. The number of rotatable bonds is 0. The fourth-order valence-corrected chi connectivity index (χ4v) is 7.03. The minimum absolute atomic E-state index is 0.0416. The lowest BCUT2D eigenvalue weighted by atomic mass is 9.60. The second-order valence-electron chi connectivity index (χ2n) is 10.8. The van der Waals surface area contributed by atoms with Crippen molar-refractivity contribution in [3.05, 3.63) is 11.1 Å². The summed E-state index contributed by atoms with van der Waals surface area (Å²) in [7, 11) is 0. The zero-order chi connectivity index (χ0) is 18.6. The van der Waals surface area contributed by atoms with Gasteiger partial charge in [-0.2, -0.15) is 0 Å². The van der Waals surface area contributed by atoms with Gasteiger partial charge in [-0.1, -0.05) is 45.8 Å². The molecule has 134 valence electrons. The molecule has 0 radical (unpaired) electrons. The number of fused-ring (bicyclic) bond motifs is 5. The van der Waals surface area contributed by atoms with Gasteiger partial charge in [0, 0.05) is 16.4 Å². The van der Waals surface area contributed by atoms with E-state index in [-0.39, 0.29) is 39.9 Å². The zero-order valence-electron chi connectivity index (χ0n) is 17.0. The lowest BCUT2D eigenvalue weighted by Crippen LogP contribution is -2.50. The number of hydrogen-bond acceptors (Lipinski definition) is 2. The molecular weight excluding hydrogens is 298 g/mol. The molecule has 1 heterocycles. The lowest BCUT2D eigenvalue weighted by molar-refractivity contribution is -0.148. The summed E-state index contributed by atoms with van der Waals surface area (Å²) in [6.45, 7) is 21.5. The first-order valence-electron chi connectivity index (χ1n) is 9.18. The second kappa shape index (κ2) is 4.34. The van der Waals surface area contributed by atoms with Gasteiger partial charge in [0.2, 0.25) is 11.8 Å². The minimum atomic E-state index is -0.455. The van der Waals surface area contributed by atoms with E-state index in [2.05, 4.69) is 48.5 Å². The molecule has 3 rings (SSSR count). The van der Waals surface area contributed by atoms with E-state index in [1.165, 1.54) is 11.1 Å². The summed E-state index contributed by atoms with van der Waals surface area (Å²) in [5.41, 5.74) is 1.80. The van der Waals surface area contributed by atoms with E-state index in [1.54, 1.807) is 4.90 Å². The SMILES string of the molecule is CC1=C(C)C2(C)C3C(=O)N(C(C)(C)C)C(=O)C3C1(C)C2C(C)(C)C. The molecular formula is C21H33NO2. The van der Waals surface area contributed by atoms with Crippen LogP contribution in [0.1, 0.15) is 69.2 Å². The van der Waals surface area contributed by atoms with Crippen LogP contribution in [0.5, 0.6) is 0 Å². The number of allylic oxidation sites excluding steroid dienone is 2. The third-order valence-corrected chi connectivity index (χ3v) is 7.51. The summed E-state index contributed by atoms with van der Waals surface area (Å²) in [5, 5.41) is 0. The van der Waals surface area contributed by atoms with Gasteiger partial charge >= 0.3 is 0 Å². The molecule has 3 heteroatoms. The standard InChI is InChI=1S/C21H33NO2/c1-11-12(2)21(10)14-13(20(11,9)17(21)18(3,4)5)15(23)22(16(14)24)19(6,7)8/h13-14,17H,1-10H3. The Bertz CT molecular complexity index is 631. The maximum absolute atomic E-state index is 13.4. The molecule has 24 heavy (non-hydrogen) atoms. The lowest BCUT2D eigenvalue weighted by Gasteiger charge is -2.45. The molecule has 0 aromatic heterocycles. The van der Waals surface area contributed by atoms with Gasteiger partial charge < -0.3 is 0 Å². The van der Waals surface area contributed by atoms with Crippen molar-refractivity contribution in [2.45, 2.75) is 74.8 Å². The molecule has 1 saturated carbocycles. The van der Waals surface area contributed by atoms with Crippen LogP contribution in [0.2, 0.25) is 0 Å². The molecule has 2 fully saturated rings. The molecule has 2 bridgehead atoms. The van der Waals surface area contributed by atoms with E-state index < -0.39 is 5.54 Å². The van der Waals surface area contributed by atoms with Crippen LogP contribution in [-0.4, -0.2) is 22.3 Å². The van der Waals surface area contributed by atoms with Crippen LogP contribution in [0.15, 0.2) is 11.1 Å². The van der Waals surface area contributed by atoms with Gasteiger partial charge in [-0.15, -0.1) is 0 Å². The predicted octanol–water partition coefficient (Wildman–Crippen LogP) is 4.42. The molecule has 2 aliphatic carbocycles. The summed E-state index contributed by atoms with van der Waals surface area (Å²) >= 11 is 0. The maximum Gasteiger partial charge on any atom is 0.234 e. The van der Waals surface area contributed by atoms with Crippen LogP contribution in [0, 0.1) is 34.0 Å². The number of hydrogen-bond donors (Lipinski definition) is 0. The van der Waals surface area contributed by atoms with Gasteiger partial charge in [-0.25, -0.2) is 0 Å². The Labute approximate surface area is 146 Å². The highest BCUT2D eigenvalue weighted by Gasteiger charge is 2.78. The first-order valence-corrected chi connectivity index (χ1v) is 9.18. The topological polar surface area (TPSA) is 37.4 Å². The van der Waals surface area contributed by atoms with Crippen molar-refractivity contribution in [3.8, 4) is 0 Å². The highest BCUT2D eigenvalue weighted by Crippen LogP contribution is 2.77. The van der Waals surface area contributed by atoms with E-state index >= 15 is 0 Å². The quantitative estimate of drug-likeness (QED) is 0.486. The van der Waals surface area contributed by atoms with E-state index in [4.69, 9.17) is 0 Å². The number of imide groups is 1. The van der Waals surface area contributed by atoms with Crippen LogP contribution in [0.3, 0.4) is 0 Å². The third kappa shape index (κ3) is 1.64. The van der Waals surface area contributed by atoms with Crippen LogP contribution in [-0.2, 0) is 9.59 Å². The summed E-state index contributed by atoms with van der Waals surface area (Å²) in [6, 6.07) is 0. The fraction of sp³-hybridized carbons (Fsp3) is 0.810. The molecule has 3 nitrogen and oxygen atoms in total. The average Bonchev–Trinajstić information content (AvgIpc) is 2.83. The largest absolute Gasteiger partial charge is 0.277 e. The number of likely N-dealkylation sites (tertiary alicyclic amines) is 1.